The van der Waals surface area contributed by atoms with E-state index in [9.17, 15) is 8.42 Å². The van der Waals surface area contributed by atoms with Crippen LogP contribution in [0, 0.1) is 0 Å². The fraction of sp³-hybridized carbons (Fsp3) is 0.357. The highest BCUT2D eigenvalue weighted by atomic mass is 32.2. The van der Waals surface area contributed by atoms with Crippen molar-refractivity contribution in [3.05, 3.63) is 42.7 Å². The van der Waals surface area contributed by atoms with Gasteiger partial charge in [0, 0.05) is 11.8 Å². The smallest absolute Gasteiger partial charge is 0.152 e. The topological polar surface area (TPSA) is 52.0 Å². The molecule has 0 amide bonds. The fourth-order valence-corrected chi connectivity index (χ4v) is 4.69. The second-order valence-corrected chi connectivity index (χ2v) is 7.56. The molecule has 0 bridgehead atoms. The van der Waals surface area contributed by atoms with Crippen molar-refractivity contribution in [1.82, 2.24) is 9.78 Å². The van der Waals surface area contributed by atoms with Gasteiger partial charge in [0.2, 0.25) is 0 Å². The predicted octanol–water partition coefficient (Wildman–Crippen LogP) is 2.08. The zero-order valence-corrected chi connectivity index (χ0v) is 11.6. The van der Waals surface area contributed by atoms with Crippen LogP contribution in [0.25, 0.3) is 11.1 Å². The van der Waals surface area contributed by atoms with Crippen LogP contribution in [0.3, 0.4) is 0 Å². The standard InChI is InChI=1S/C14H16N2O2S/c1-14(7-8-19(17,18)11-14)16-10-13(9-15-16)12-5-3-2-4-6-12/h2-6,9-10H,7-8,11H2,1H3. The molecular weight excluding hydrogens is 260 g/mol. The van der Waals surface area contributed by atoms with E-state index < -0.39 is 15.4 Å². The van der Waals surface area contributed by atoms with Crippen LogP contribution < -0.4 is 0 Å². The summed E-state index contributed by atoms with van der Waals surface area (Å²) >= 11 is 0. The molecule has 1 aromatic carbocycles. The molecule has 1 unspecified atom stereocenters. The van der Waals surface area contributed by atoms with Crippen LogP contribution in [-0.2, 0) is 15.4 Å². The highest BCUT2D eigenvalue weighted by molar-refractivity contribution is 7.91. The van der Waals surface area contributed by atoms with E-state index in [-0.39, 0.29) is 11.5 Å². The van der Waals surface area contributed by atoms with Gasteiger partial charge in [-0.25, -0.2) is 8.42 Å². The average Bonchev–Trinajstić information content (AvgIpc) is 2.97. The SMILES string of the molecule is CC1(n2cc(-c3ccccc3)cn2)CCS(=O)(=O)C1. The maximum Gasteiger partial charge on any atom is 0.152 e. The van der Waals surface area contributed by atoms with Crippen LogP contribution in [0.4, 0.5) is 0 Å². The van der Waals surface area contributed by atoms with Crippen LogP contribution in [-0.4, -0.2) is 29.7 Å². The first-order chi connectivity index (χ1) is 8.99. The van der Waals surface area contributed by atoms with E-state index in [1.54, 1.807) is 10.9 Å². The zero-order valence-electron chi connectivity index (χ0n) is 10.8. The molecule has 1 fully saturated rings. The molecule has 0 aliphatic carbocycles. The van der Waals surface area contributed by atoms with Crippen LogP contribution in [0.5, 0.6) is 0 Å². The Hall–Kier alpha value is -1.62. The number of hydrogen-bond donors (Lipinski definition) is 0. The third kappa shape index (κ3) is 2.30. The summed E-state index contributed by atoms with van der Waals surface area (Å²) in [6.45, 7) is 1.96. The normalized spacial score (nSPS) is 25.5. The molecular formula is C14H16N2O2S. The molecule has 0 spiro atoms. The van der Waals surface area contributed by atoms with Crippen LogP contribution in [0.2, 0.25) is 0 Å². The Morgan fingerprint density at radius 3 is 2.58 bits per heavy atom. The highest BCUT2D eigenvalue weighted by Crippen LogP contribution is 2.31. The Balaban J connectivity index is 1.95. The van der Waals surface area contributed by atoms with Crippen molar-refractivity contribution in [1.29, 1.82) is 0 Å². The Morgan fingerprint density at radius 2 is 1.95 bits per heavy atom. The summed E-state index contributed by atoms with van der Waals surface area (Å²) in [5, 5.41) is 4.36. The summed E-state index contributed by atoms with van der Waals surface area (Å²) < 4.78 is 25.1. The Bertz CT molecular complexity index is 691. The molecule has 4 nitrogen and oxygen atoms in total. The molecule has 3 rings (SSSR count). The summed E-state index contributed by atoms with van der Waals surface area (Å²) in [7, 11) is -2.92. The van der Waals surface area contributed by atoms with E-state index >= 15 is 0 Å². The number of nitrogens with zero attached hydrogens (tertiary/aromatic N) is 2. The van der Waals surface area contributed by atoms with Crippen LogP contribution >= 0.6 is 0 Å². The maximum atomic E-state index is 11.7. The summed E-state index contributed by atoms with van der Waals surface area (Å²) in [4.78, 5) is 0. The molecule has 100 valence electrons. The van der Waals surface area contributed by atoms with Crippen LogP contribution in [0.15, 0.2) is 42.7 Å². The van der Waals surface area contributed by atoms with Crippen molar-refractivity contribution < 1.29 is 8.42 Å². The molecule has 5 heteroatoms. The molecule has 1 aromatic heterocycles. The van der Waals surface area contributed by atoms with Gasteiger partial charge in [0.15, 0.2) is 9.84 Å². The van der Waals surface area contributed by atoms with Gasteiger partial charge in [-0.05, 0) is 18.9 Å². The van der Waals surface area contributed by atoms with E-state index in [0.29, 0.717) is 6.42 Å². The summed E-state index contributed by atoms with van der Waals surface area (Å²) in [5.74, 6) is 0.430. The molecule has 1 aliphatic heterocycles. The van der Waals surface area contributed by atoms with E-state index in [0.717, 1.165) is 11.1 Å². The molecule has 1 aliphatic rings. The Labute approximate surface area is 113 Å². The monoisotopic (exact) mass is 276 g/mol. The molecule has 0 radical (unpaired) electrons. The van der Waals surface area contributed by atoms with Crippen molar-refractivity contribution in [2.45, 2.75) is 18.9 Å². The van der Waals surface area contributed by atoms with E-state index in [2.05, 4.69) is 5.10 Å². The lowest BCUT2D eigenvalue weighted by Gasteiger charge is -2.22. The molecule has 0 saturated carbocycles. The van der Waals surface area contributed by atoms with Crippen molar-refractivity contribution in [3.63, 3.8) is 0 Å². The summed E-state index contributed by atoms with van der Waals surface area (Å²) in [5.41, 5.74) is 1.70. The average molecular weight is 276 g/mol. The first kappa shape index (κ1) is 12.4. The van der Waals surface area contributed by atoms with Gasteiger partial charge in [0.25, 0.3) is 0 Å². The molecule has 0 N–H and O–H groups in total. The van der Waals surface area contributed by atoms with Gasteiger partial charge in [0.05, 0.1) is 23.2 Å². The lowest BCUT2D eigenvalue weighted by molar-refractivity contribution is 0.328. The Kier molecular flexibility index (Phi) is 2.74. The Morgan fingerprint density at radius 1 is 1.21 bits per heavy atom. The van der Waals surface area contributed by atoms with Gasteiger partial charge in [-0.3, -0.25) is 4.68 Å². The fourth-order valence-electron chi connectivity index (χ4n) is 2.57. The summed E-state index contributed by atoms with van der Waals surface area (Å²) in [6, 6.07) is 9.98. The van der Waals surface area contributed by atoms with Crippen molar-refractivity contribution >= 4 is 9.84 Å². The van der Waals surface area contributed by atoms with Gasteiger partial charge in [-0.2, -0.15) is 5.10 Å². The van der Waals surface area contributed by atoms with Gasteiger partial charge in [-0.15, -0.1) is 0 Å². The molecule has 2 heterocycles. The third-order valence-electron chi connectivity index (χ3n) is 3.73. The molecule has 2 aromatic rings. The van der Waals surface area contributed by atoms with Crippen molar-refractivity contribution in [2.24, 2.45) is 0 Å². The molecule has 19 heavy (non-hydrogen) atoms. The van der Waals surface area contributed by atoms with Gasteiger partial charge in [-0.1, -0.05) is 30.3 Å². The lowest BCUT2D eigenvalue weighted by Crippen LogP contribution is -2.31. The lowest BCUT2D eigenvalue weighted by atomic mass is 10.0. The second-order valence-electron chi connectivity index (χ2n) is 5.38. The number of aromatic nitrogens is 2. The zero-order chi connectivity index (χ0) is 13.5. The van der Waals surface area contributed by atoms with Crippen molar-refractivity contribution in [2.75, 3.05) is 11.5 Å². The van der Waals surface area contributed by atoms with Gasteiger partial charge in [0.1, 0.15) is 0 Å². The van der Waals surface area contributed by atoms with Gasteiger partial charge < -0.3 is 0 Å². The quantitative estimate of drug-likeness (QED) is 0.844. The third-order valence-corrected chi connectivity index (χ3v) is 5.61. The molecule has 1 atom stereocenters. The number of rotatable bonds is 2. The minimum Gasteiger partial charge on any atom is -0.265 e. The predicted molar refractivity (Wildman–Crippen MR) is 74.6 cm³/mol. The first-order valence-electron chi connectivity index (χ1n) is 6.30. The maximum absolute atomic E-state index is 11.7. The van der Waals surface area contributed by atoms with E-state index in [1.165, 1.54) is 0 Å². The largest absolute Gasteiger partial charge is 0.265 e. The van der Waals surface area contributed by atoms with Crippen molar-refractivity contribution in [3.8, 4) is 11.1 Å². The minimum atomic E-state index is -2.92. The second kappa shape index (κ2) is 4.20. The highest BCUT2D eigenvalue weighted by Gasteiger charge is 2.40. The first-order valence-corrected chi connectivity index (χ1v) is 8.12. The van der Waals surface area contributed by atoms with Gasteiger partial charge >= 0.3 is 0 Å². The van der Waals surface area contributed by atoms with E-state index in [4.69, 9.17) is 0 Å². The summed E-state index contributed by atoms with van der Waals surface area (Å²) in [6.07, 6.45) is 4.37. The number of hydrogen-bond acceptors (Lipinski definition) is 3. The van der Waals surface area contributed by atoms with E-state index in [1.807, 2.05) is 43.5 Å². The number of benzene rings is 1. The minimum absolute atomic E-state index is 0.176. The van der Waals surface area contributed by atoms with Crippen LogP contribution in [0.1, 0.15) is 13.3 Å². The number of sulfone groups is 1. The molecule has 1 saturated heterocycles.